The summed E-state index contributed by atoms with van der Waals surface area (Å²) in [5, 5.41) is 10.2. The van der Waals surface area contributed by atoms with Crippen LogP contribution >= 0.6 is 0 Å². The fraction of sp³-hybridized carbons (Fsp3) is 0.571. The Morgan fingerprint density at radius 1 is 1.44 bits per heavy atom. The van der Waals surface area contributed by atoms with Gasteiger partial charge in [0.25, 0.3) is 5.82 Å². The number of carbonyl (C=O) groups is 1. The molecule has 1 unspecified atom stereocenters. The highest BCUT2D eigenvalue weighted by atomic mass is 19.4. The first-order valence-electron chi connectivity index (χ1n) is 7.71. The Balaban J connectivity index is 1.63. The number of hydrogen-bond acceptors (Lipinski definition) is 5. The maximum Gasteiger partial charge on any atom is 0.453 e. The molecular weight excluding hydrogens is 341 g/mol. The van der Waals surface area contributed by atoms with Gasteiger partial charge in [0.2, 0.25) is 5.91 Å². The van der Waals surface area contributed by atoms with Gasteiger partial charge in [-0.25, -0.2) is 9.67 Å². The average Bonchev–Trinajstić information content (AvgIpc) is 3.15. The Kier molecular flexibility index (Phi) is 4.75. The number of aryl methyl sites for hydroxylation is 1. The molecule has 1 atom stereocenters. The molecule has 0 bridgehead atoms. The van der Waals surface area contributed by atoms with E-state index >= 15 is 0 Å². The first-order valence-corrected chi connectivity index (χ1v) is 7.71. The van der Waals surface area contributed by atoms with E-state index in [-0.39, 0.29) is 12.5 Å². The van der Waals surface area contributed by atoms with E-state index in [1.165, 1.54) is 4.68 Å². The largest absolute Gasteiger partial charge is 0.453 e. The second-order valence-corrected chi connectivity index (χ2v) is 5.80. The Morgan fingerprint density at radius 3 is 2.88 bits per heavy atom. The second kappa shape index (κ2) is 6.82. The van der Waals surface area contributed by atoms with Crippen LogP contribution in [0, 0.1) is 0 Å². The van der Waals surface area contributed by atoms with Gasteiger partial charge in [-0.05, 0) is 12.8 Å². The van der Waals surface area contributed by atoms with Gasteiger partial charge in [0.05, 0.1) is 12.3 Å². The number of halogens is 3. The molecule has 25 heavy (non-hydrogen) atoms. The third-order valence-electron chi connectivity index (χ3n) is 3.84. The van der Waals surface area contributed by atoms with Crippen LogP contribution in [0.5, 0.6) is 0 Å². The van der Waals surface area contributed by atoms with E-state index in [1.54, 1.807) is 13.1 Å². The van der Waals surface area contributed by atoms with Crippen molar-refractivity contribution in [3.05, 3.63) is 23.9 Å². The van der Waals surface area contributed by atoms with Crippen molar-refractivity contribution in [2.45, 2.75) is 31.5 Å². The molecule has 3 rings (SSSR count). The number of alkyl halides is 3. The predicted octanol–water partition coefficient (Wildman–Crippen LogP) is 1.56. The van der Waals surface area contributed by atoms with Crippen molar-refractivity contribution in [2.24, 2.45) is 7.05 Å². The summed E-state index contributed by atoms with van der Waals surface area (Å²) in [4.78, 5) is 15.2. The van der Waals surface area contributed by atoms with Gasteiger partial charge in [0.15, 0.2) is 0 Å². The molecule has 11 heteroatoms. The van der Waals surface area contributed by atoms with Gasteiger partial charge in [-0.3, -0.25) is 9.48 Å². The number of nitrogens with zero attached hydrogens (tertiary/aromatic N) is 5. The number of carbonyl (C=O) groups excluding carboxylic acids is 1. The van der Waals surface area contributed by atoms with Crippen LogP contribution in [0.4, 0.5) is 19.0 Å². The number of nitrogens with one attached hydrogen (secondary N) is 1. The maximum absolute atomic E-state index is 12.5. The number of ether oxygens (including phenoxy) is 1. The predicted molar refractivity (Wildman–Crippen MR) is 79.7 cm³/mol. The molecule has 2 aromatic rings. The molecule has 0 aliphatic carbocycles. The molecule has 8 nitrogen and oxygen atoms in total. The molecule has 1 saturated heterocycles. The van der Waals surface area contributed by atoms with Gasteiger partial charge in [-0.15, -0.1) is 5.10 Å². The van der Waals surface area contributed by atoms with E-state index in [1.807, 2.05) is 0 Å². The fourth-order valence-electron chi connectivity index (χ4n) is 2.61. The molecule has 1 amide bonds. The number of anilines is 1. The summed E-state index contributed by atoms with van der Waals surface area (Å²) in [6, 6.07) is 1.75. The monoisotopic (exact) mass is 358 g/mol. The van der Waals surface area contributed by atoms with Crippen molar-refractivity contribution in [1.82, 2.24) is 24.5 Å². The third kappa shape index (κ3) is 4.16. The van der Waals surface area contributed by atoms with Crippen LogP contribution < -0.4 is 5.32 Å². The number of amides is 1. The summed E-state index contributed by atoms with van der Waals surface area (Å²) >= 11 is 0. The molecule has 136 valence electrons. The van der Waals surface area contributed by atoms with Crippen LogP contribution in [0.2, 0.25) is 0 Å². The van der Waals surface area contributed by atoms with Crippen LogP contribution in [-0.4, -0.2) is 43.7 Å². The zero-order valence-electron chi connectivity index (χ0n) is 13.5. The van der Waals surface area contributed by atoms with E-state index in [4.69, 9.17) is 4.74 Å². The molecule has 1 N–H and O–H groups in total. The lowest BCUT2D eigenvalue weighted by Crippen LogP contribution is -2.21. The third-order valence-corrected chi connectivity index (χ3v) is 3.84. The Hall–Kier alpha value is -2.43. The van der Waals surface area contributed by atoms with Crippen molar-refractivity contribution in [1.29, 1.82) is 0 Å². The lowest BCUT2D eigenvalue weighted by molar-refractivity contribution is -0.145. The summed E-state index contributed by atoms with van der Waals surface area (Å²) in [5.41, 5.74) is 0.817. The Bertz CT molecular complexity index is 748. The quantitative estimate of drug-likeness (QED) is 0.896. The topological polar surface area (TPSA) is 86.9 Å². The van der Waals surface area contributed by atoms with Crippen LogP contribution in [0.25, 0.3) is 0 Å². The summed E-state index contributed by atoms with van der Waals surface area (Å²) in [7, 11) is 1.68. The van der Waals surface area contributed by atoms with Gasteiger partial charge < -0.3 is 10.1 Å². The molecule has 0 aromatic carbocycles. The Labute approximate surface area is 141 Å². The smallest absolute Gasteiger partial charge is 0.381 e. The molecule has 0 spiro atoms. The molecule has 0 radical (unpaired) electrons. The first-order chi connectivity index (χ1) is 11.8. The molecule has 1 aliphatic heterocycles. The normalized spacial score (nSPS) is 18.3. The van der Waals surface area contributed by atoms with Gasteiger partial charge in [0, 0.05) is 25.6 Å². The van der Waals surface area contributed by atoms with Crippen LogP contribution in [-0.2, 0) is 29.3 Å². The van der Waals surface area contributed by atoms with Crippen molar-refractivity contribution < 1.29 is 22.7 Å². The molecule has 3 heterocycles. The van der Waals surface area contributed by atoms with E-state index in [0.717, 1.165) is 36.2 Å². The van der Waals surface area contributed by atoms with E-state index in [2.05, 4.69) is 20.5 Å². The minimum atomic E-state index is -4.64. The molecule has 2 aromatic heterocycles. The van der Waals surface area contributed by atoms with E-state index < -0.39 is 17.9 Å². The minimum Gasteiger partial charge on any atom is -0.381 e. The summed E-state index contributed by atoms with van der Waals surface area (Å²) < 4.78 is 45.2. The highest BCUT2D eigenvalue weighted by Crippen LogP contribution is 2.26. The standard InChI is InChI=1S/C14H17F3N6O2/c1-22-11(5-10(20-22)9-3-2-4-25-7-9)19-12(24)6-23-8-18-13(21-23)14(15,16)17/h5,8-9H,2-4,6-7H2,1H3,(H,19,24). The van der Waals surface area contributed by atoms with Gasteiger partial charge >= 0.3 is 6.18 Å². The molecule has 1 fully saturated rings. The van der Waals surface area contributed by atoms with Crippen LogP contribution in [0.1, 0.15) is 30.3 Å². The Morgan fingerprint density at radius 2 is 2.24 bits per heavy atom. The van der Waals surface area contributed by atoms with Gasteiger partial charge in [0.1, 0.15) is 18.7 Å². The zero-order chi connectivity index (χ0) is 18.0. The molecule has 0 saturated carbocycles. The maximum atomic E-state index is 12.5. The average molecular weight is 358 g/mol. The molecule has 1 aliphatic rings. The highest BCUT2D eigenvalue weighted by molar-refractivity contribution is 5.89. The van der Waals surface area contributed by atoms with Crippen molar-refractivity contribution in [2.75, 3.05) is 18.5 Å². The fourth-order valence-corrected chi connectivity index (χ4v) is 2.61. The summed E-state index contributed by atoms with van der Waals surface area (Å²) in [6.07, 6.45) is -1.85. The van der Waals surface area contributed by atoms with Crippen molar-refractivity contribution in [3.8, 4) is 0 Å². The van der Waals surface area contributed by atoms with E-state index in [0.29, 0.717) is 12.4 Å². The number of rotatable bonds is 4. The summed E-state index contributed by atoms with van der Waals surface area (Å²) in [6.45, 7) is 0.949. The SMILES string of the molecule is Cn1nc(C2CCCOC2)cc1NC(=O)Cn1cnc(C(F)(F)F)n1. The van der Waals surface area contributed by atoms with Gasteiger partial charge in [-0.1, -0.05) is 0 Å². The summed E-state index contributed by atoms with van der Waals surface area (Å²) in [5.74, 6) is -1.16. The zero-order valence-corrected chi connectivity index (χ0v) is 13.5. The highest BCUT2D eigenvalue weighted by Gasteiger charge is 2.35. The van der Waals surface area contributed by atoms with Gasteiger partial charge in [-0.2, -0.15) is 18.3 Å². The van der Waals surface area contributed by atoms with Crippen molar-refractivity contribution >= 4 is 11.7 Å². The minimum absolute atomic E-state index is 0.176. The number of hydrogen-bond donors (Lipinski definition) is 1. The molecular formula is C14H17F3N6O2. The van der Waals surface area contributed by atoms with Crippen LogP contribution in [0.3, 0.4) is 0 Å². The first kappa shape index (κ1) is 17.4. The second-order valence-electron chi connectivity index (χ2n) is 5.80. The van der Waals surface area contributed by atoms with Crippen molar-refractivity contribution in [3.63, 3.8) is 0 Å². The number of aromatic nitrogens is 5. The lowest BCUT2D eigenvalue weighted by atomic mass is 9.99. The van der Waals surface area contributed by atoms with Crippen LogP contribution in [0.15, 0.2) is 12.4 Å². The lowest BCUT2D eigenvalue weighted by Gasteiger charge is -2.19. The van der Waals surface area contributed by atoms with E-state index in [9.17, 15) is 18.0 Å².